The quantitative estimate of drug-likeness (QED) is 0.847. The van der Waals surface area contributed by atoms with E-state index in [0.29, 0.717) is 18.2 Å². The molecule has 0 saturated heterocycles. The van der Waals surface area contributed by atoms with Crippen molar-refractivity contribution < 1.29 is 4.42 Å². The Kier molecular flexibility index (Phi) is 2.76. The predicted octanol–water partition coefficient (Wildman–Crippen LogP) is 1.60. The Bertz CT molecular complexity index is 463. The molecule has 0 aliphatic heterocycles. The number of hydrogen-bond donors (Lipinski definition) is 1. The van der Waals surface area contributed by atoms with Gasteiger partial charge in [-0.05, 0) is 19.1 Å². The first-order valence-electron chi connectivity index (χ1n) is 4.99. The third-order valence-electron chi connectivity index (χ3n) is 2.19. The molecule has 0 radical (unpaired) electrons. The number of nitrogens with zero attached hydrogens (tertiary/aromatic N) is 3. The zero-order chi connectivity index (χ0) is 11.5. The highest BCUT2D eigenvalue weighted by Gasteiger charge is 2.07. The van der Waals surface area contributed by atoms with Crippen LogP contribution in [0.1, 0.15) is 11.5 Å². The zero-order valence-electron chi connectivity index (χ0n) is 9.34. The van der Waals surface area contributed by atoms with E-state index in [1.165, 1.54) is 0 Å². The number of aromatic nitrogens is 2. The third-order valence-corrected chi connectivity index (χ3v) is 2.19. The predicted molar refractivity (Wildman–Crippen MR) is 62.0 cm³/mol. The monoisotopic (exact) mass is 218 g/mol. The number of rotatable bonds is 3. The molecule has 0 fully saturated rings. The number of anilines is 2. The van der Waals surface area contributed by atoms with Gasteiger partial charge in [0.25, 0.3) is 0 Å². The molecule has 16 heavy (non-hydrogen) atoms. The molecule has 0 spiro atoms. The standard InChI is InChI=1S/C11H14N4O/c1-8-3-4-10(16-8)7-15(2)11-13-5-9(12)6-14-11/h3-6H,7,12H2,1-2H3. The van der Waals surface area contributed by atoms with Crippen LogP contribution in [0.5, 0.6) is 0 Å². The molecule has 5 heteroatoms. The fraction of sp³-hybridized carbons (Fsp3) is 0.273. The highest BCUT2D eigenvalue weighted by molar-refractivity contribution is 5.37. The van der Waals surface area contributed by atoms with Crippen molar-refractivity contribution in [3.8, 4) is 0 Å². The third kappa shape index (κ3) is 2.31. The summed E-state index contributed by atoms with van der Waals surface area (Å²) in [6, 6.07) is 3.89. The molecule has 2 N–H and O–H groups in total. The molecule has 0 aromatic carbocycles. The van der Waals surface area contributed by atoms with Crippen molar-refractivity contribution in [2.75, 3.05) is 17.7 Å². The molecular weight excluding hydrogens is 204 g/mol. The van der Waals surface area contributed by atoms with Gasteiger partial charge in [0.15, 0.2) is 0 Å². The summed E-state index contributed by atoms with van der Waals surface area (Å²) in [4.78, 5) is 10.2. The van der Waals surface area contributed by atoms with Gasteiger partial charge < -0.3 is 15.1 Å². The Morgan fingerprint density at radius 2 is 2.00 bits per heavy atom. The van der Waals surface area contributed by atoms with Gasteiger partial charge >= 0.3 is 0 Å². The first kappa shape index (κ1) is 10.5. The lowest BCUT2D eigenvalue weighted by Gasteiger charge is -2.14. The SMILES string of the molecule is Cc1ccc(CN(C)c2ncc(N)cn2)o1. The maximum atomic E-state index is 5.52. The van der Waals surface area contributed by atoms with Gasteiger partial charge in [-0.15, -0.1) is 0 Å². The lowest BCUT2D eigenvalue weighted by molar-refractivity contribution is 0.480. The highest BCUT2D eigenvalue weighted by Crippen LogP contribution is 2.12. The average molecular weight is 218 g/mol. The zero-order valence-corrected chi connectivity index (χ0v) is 9.34. The van der Waals surface area contributed by atoms with Crippen molar-refractivity contribution in [1.29, 1.82) is 0 Å². The highest BCUT2D eigenvalue weighted by atomic mass is 16.3. The van der Waals surface area contributed by atoms with Crippen LogP contribution in [0, 0.1) is 6.92 Å². The lowest BCUT2D eigenvalue weighted by atomic mass is 10.4. The van der Waals surface area contributed by atoms with Crippen LogP contribution >= 0.6 is 0 Å². The van der Waals surface area contributed by atoms with E-state index in [4.69, 9.17) is 10.2 Å². The largest absolute Gasteiger partial charge is 0.464 e. The summed E-state index contributed by atoms with van der Waals surface area (Å²) in [6.07, 6.45) is 3.18. The minimum absolute atomic E-state index is 0.561. The summed E-state index contributed by atoms with van der Waals surface area (Å²) in [5.41, 5.74) is 6.08. The molecule has 0 atom stereocenters. The second-order valence-corrected chi connectivity index (χ2v) is 3.68. The second-order valence-electron chi connectivity index (χ2n) is 3.68. The maximum absolute atomic E-state index is 5.52. The summed E-state index contributed by atoms with van der Waals surface area (Å²) in [5, 5.41) is 0. The second kappa shape index (κ2) is 4.22. The van der Waals surface area contributed by atoms with Crippen LogP contribution < -0.4 is 10.6 Å². The van der Waals surface area contributed by atoms with Crippen LogP contribution in [0.3, 0.4) is 0 Å². The molecule has 0 bridgehead atoms. The summed E-state index contributed by atoms with van der Waals surface area (Å²) in [7, 11) is 1.91. The van der Waals surface area contributed by atoms with Crippen LogP contribution in [0.4, 0.5) is 11.6 Å². The van der Waals surface area contributed by atoms with Crippen molar-refractivity contribution in [1.82, 2.24) is 9.97 Å². The van der Waals surface area contributed by atoms with Crippen LogP contribution in [-0.4, -0.2) is 17.0 Å². The maximum Gasteiger partial charge on any atom is 0.225 e. The smallest absolute Gasteiger partial charge is 0.225 e. The van der Waals surface area contributed by atoms with Crippen LogP contribution in [0.2, 0.25) is 0 Å². The lowest BCUT2D eigenvalue weighted by Crippen LogP contribution is -2.18. The molecule has 0 saturated carbocycles. The molecule has 0 aliphatic carbocycles. The van der Waals surface area contributed by atoms with Crippen molar-refractivity contribution >= 4 is 11.6 Å². The summed E-state index contributed by atoms with van der Waals surface area (Å²) >= 11 is 0. The molecule has 84 valence electrons. The molecule has 0 unspecified atom stereocenters. The Balaban J connectivity index is 2.08. The topological polar surface area (TPSA) is 68.2 Å². The number of hydrogen-bond acceptors (Lipinski definition) is 5. The van der Waals surface area contributed by atoms with Crippen molar-refractivity contribution in [3.05, 3.63) is 36.0 Å². The molecule has 2 aromatic heterocycles. The summed E-state index contributed by atoms with van der Waals surface area (Å²) in [5.74, 6) is 2.42. The Morgan fingerprint density at radius 1 is 1.31 bits per heavy atom. The molecule has 0 aliphatic rings. The molecule has 0 amide bonds. The Hall–Kier alpha value is -2.04. The normalized spacial score (nSPS) is 10.4. The fourth-order valence-electron chi connectivity index (χ4n) is 1.40. The summed E-state index contributed by atoms with van der Waals surface area (Å²) in [6.45, 7) is 2.56. The number of nitrogens with two attached hydrogens (primary N) is 1. The van der Waals surface area contributed by atoms with E-state index in [0.717, 1.165) is 11.5 Å². The van der Waals surface area contributed by atoms with Gasteiger partial charge in [-0.2, -0.15) is 0 Å². The van der Waals surface area contributed by atoms with Gasteiger partial charge in [0.1, 0.15) is 11.5 Å². The molecular formula is C11H14N4O. The first-order chi connectivity index (χ1) is 7.65. The van der Waals surface area contributed by atoms with E-state index < -0.39 is 0 Å². The molecule has 2 aromatic rings. The van der Waals surface area contributed by atoms with Crippen molar-refractivity contribution in [2.24, 2.45) is 0 Å². The van der Waals surface area contributed by atoms with Crippen molar-refractivity contribution in [3.63, 3.8) is 0 Å². The van der Waals surface area contributed by atoms with Crippen LogP contribution in [0.25, 0.3) is 0 Å². The minimum atomic E-state index is 0.561. The van der Waals surface area contributed by atoms with E-state index in [9.17, 15) is 0 Å². The van der Waals surface area contributed by atoms with Gasteiger partial charge in [0.05, 0.1) is 24.6 Å². The van der Waals surface area contributed by atoms with E-state index in [2.05, 4.69) is 9.97 Å². The molecule has 5 nitrogen and oxygen atoms in total. The molecule has 2 heterocycles. The first-order valence-corrected chi connectivity index (χ1v) is 4.99. The number of furan rings is 1. The van der Waals surface area contributed by atoms with E-state index in [-0.39, 0.29) is 0 Å². The Morgan fingerprint density at radius 3 is 2.56 bits per heavy atom. The number of aryl methyl sites for hydroxylation is 1. The van der Waals surface area contributed by atoms with Gasteiger partial charge in [-0.1, -0.05) is 0 Å². The van der Waals surface area contributed by atoms with Gasteiger partial charge in [0.2, 0.25) is 5.95 Å². The van der Waals surface area contributed by atoms with Crippen LogP contribution in [0.15, 0.2) is 28.9 Å². The van der Waals surface area contributed by atoms with Crippen LogP contribution in [-0.2, 0) is 6.54 Å². The average Bonchev–Trinajstić information content (AvgIpc) is 2.65. The van der Waals surface area contributed by atoms with E-state index in [1.54, 1.807) is 12.4 Å². The summed E-state index contributed by atoms with van der Waals surface area (Å²) < 4.78 is 5.48. The fourth-order valence-corrected chi connectivity index (χ4v) is 1.40. The Labute approximate surface area is 93.9 Å². The molecule has 2 rings (SSSR count). The minimum Gasteiger partial charge on any atom is -0.464 e. The van der Waals surface area contributed by atoms with E-state index >= 15 is 0 Å². The van der Waals surface area contributed by atoms with Gasteiger partial charge in [-0.3, -0.25) is 0 Å². The van der Waals surface area contributed by atoms with E-state index in [1.807, 2.05) is 31.0 Å². The number of nitrogen functional groups attached to an aromatic ring is 1. The van der Waals surface area contributed by atoms with Gasteiger partial charge in [-0.25, -0.2) is 9.97 Å². The van der Waals surface area contributed by atoms with Crippen molar-refractivity contribution in [2.45, 2.75) is 13.5 Å². The van der Waals surface area contributed by atoms with Gasteiger partial charge in [0, 0.05) is 7.05 Å².